The molecule has 69 heavy (non-hydrogen) atoms. The molecular formula is C63H122O6. The summed E-state index contributed by atoms with van der Waals surface area (Å²) in [5.41, 5.74) is 0. The maximum atomic E-state index is 12.9. The molecule has 0 aromatic carbocycles. The molecule has 1 unspecified atom stereocenters. The van der Waals surface area contributed by atoms with Crippen molar-refractivity contribution in [1.29, 1.82) is 0 Å². The lowest BCUT2D eigenvalue weighted by molar-refractivity contribution is -0.167. The zero-order chi connectivity index (χ0) is 50.4. The second kappa shape index (κ2) is 55.7. The maximum absolute atomic E-state index is 12.9. The van der Waals surface area contributed by atoms with Gasteiger partial charge in [-0.1, -0.05) is 317 Å². The molecule has 0 aromatic heterocycles. The molecule has 0 aliphatic rings. The Bertz CT molecular complexity index is 1060. The van der Waals surface area contributed by atoms with Crippen molar-refractivity contribution in [3.05, 3.63) is 0 Å². The van der Waals surface area contributed by atoms with Crippen molar-refractivity contribution in [1.82, 2.24) is 0 Å². The maximum Gasteiger partial charge on any atom is 0.306 e. The van der Waals surface area contributed by atoms with Crippen molar-refractivity contribution in [2.45, 2.75) is 362 Å². The molecule has 0 aliphatic heterocycles. The molecule has 0 saturated heterocycles. The van der Waals surface area contributed by atoms with Crippen molar-refractivity contribution in [2.24, 2.45) is 11.8 Å². The lowest BCUT2D eigenvalue weighted by Crippen LogP contribution is -2.30. The predicted octanol–water partition coefficient (Wildman–Crippen LogP) is 20.8. The van der Waals surface area contributed by atoms with E-state index >= 15 is 0 Å². The van der Waals surface area contributed by atoms with Crippen LogP contribution in [0.4, 0.5) is 0 Å². The van der Waals surface area contributed by atoms with Gasteiger partial charge in [0.1, 0.15) is 13.2 Å². The molecule has 0 heterocycles. The van der Waals surface area contributed by atoms with E-state index in [4.69, 9.17) is 14.2 Å². The van der Waals surface area contributed by atoms with Crippen LogP contribution in [0.1, 0.15) is 356 Å². The van der Waals surface area contributed by atoms with Crippen LogP contribution >= 0.6 is 0 Å². The highest BCUT2D eigenvalue weighted by atomic mass is 16.6. The second-order valence-corrected chi connectivity index (χ2v) is 22.4. The van der Waals surface area contributed by atoms with Gasteiger partial charge in [0.2, 0.25) is 0 Å². The molecule has 0 fully saturated rings. The average Bonchev–Trinajstić information content (AvgIpc) is 3.34. The van der Waals surface area contributed by atoms with Crippen molar-refractivity contribution < 1.29 is 28.6 Å². The van der Waals surface area contributed by atoms with Crippen LogP contribution in [0.15, 0.2) is 0 Å². The van der Waals surface area contributed by atoms with Gasteiger partial charge in [0.05, 0.1) is 0 Å². The molecule has 0 spiro atoms. The van der Waals surface area contributed by atoms with Crippen LogP contribution in [0.3, 0.4) is 0 Å². The zero-order valence-electron chi connectivity index (χ0n) is 47.5. The summed E-state index contributed by atoms with van der Waals surface area (Å²) in [6, 6.07) is 0. The second-order valence-electron chi connectivity index (χ2n) is 22.4. The lowest BCUT2D eigenvalue weighted by atomic mass is 9.99. The highest BCUT2D eigenvalue weighted by molar-refractivity contribution is 5.71. The van der Waals surface area contributed by atoms with E-state index in [9.17, 15) is 14.4 Å². The first kappa shape index (κ1) is 67.4. The van der Waals surface area contributed by atoms with E-state index in [1.807, 2.05) is 0 Å². The summed E-state index contributed by atoms with van der Waals surface area (Å²) < 4.78 is 16.9. The first-order valence-corrected chi connectivity index (χ1v) is 31.3. The minimum absolute atomic E-state index is 0.0620. The fraction of sp³-hybridized carbons (Fsp3) is 0.952. The molecule has 0 N–H and O–H groups in total. The molecular weight excluding hydrogens is 853 g/mol. The van der Waals surface area contributed by atoms with Gasteiger partial charge in [-0.15, -0.1) is 0 Å². The number of ether oxygens (including phenoxy) is 3. The molecule has 6 nitrogen and oxygen atoms in total. The standard InChI is InChI=1S/C63H122O6/c1-6-8-9-10-11-12-13-14-23-30-35-40-45-50-55-63(66)69-60(57-68-62(65)54-49-44-39-34-29-25-20-19-22-27-32-37-42-47-52-59(5)7-2)56-67-61(64)53-48-43-38-33-28-24-18-16-15-17-21-26-31-36-41-46-51-58(3)4/h58-60H,6-57H2,1-5H3/t59?,60-/m1/s1. The summed E-state index contributed by atoms with van der Waals surface area (Å²) in [7, 11) is 0. The van der Waals surface area contributed by atoms with E-state index in [1.165, 1.54) is 244 Å². The van der Waals surface area contributed by atoms with E-state index in [0.717, 1.165) is 69.6 Å². The normalized spacial score (nSPS) is 12.4. The quantitative estimate of drug-likeness (QED) is 0.0343. The topological polar surface area (TPSA) is 78.9 Å². The van der Waals surface area contributed by atoms with Gasteiger partial charge >= 0.3 is 17.9 Å². The summed E-state index contributed by atoms with van der Waals surface area (Å²) in [6.07, 6.45) is 60.9. The number of hydrogen-bond donors (Lipinski definition) is 0. The highest BCUT2D eigenvalue weighted by Gasteiger charge is 2.19. The third-order valence-electron chi connectivity index (χ3n) is 14.8. The summed E-state index contributed by atoms with van der Waals surface area (Å²) in [4.78, 5) is 38.3. The Hall–Kier alpha value is -1.59. The Morgan fingerprint density at radius 3 is 0.826 bits per heavy atom. The fourth-order valence-electron chi connectivity index (χ4n) is 9.73. The number of carbonyl (C=O) groups excluding carboxylic acids is 3. The van der Waals surface area contributed by atoms with Gasteiger partial charge < -0.3 is 14.2 Å². The molecule has 0 aromatic rings. The Labute approximate surface area is 431 Å². The number of hydrogen-bond acceptors (Lipinski definition) is 6. The largest absolute Gasteiger partial charge is 0.462 e. The molecule has 2 atom stereocenters. The van der Waals surface area contributed by atoms with Gasteiger partial charge in [0, 0.05) is 19.3 Å². The Morgan fingerprint density at radius 1 is 0.304 bits per heavy atom. The van der Waals surface area contributed by atoms with Crippen LogP contribution in [0.5, 0.6) is 0 Å². The van der Waals surface area contributed by atoms with Crippen LogP contribution in [0.2, 0.25) is 0 Å². The first-order chi connectivity index (χ1) is 33.8. The first-order valence-electron chi connectivity index (χ1n) is 31.3. The molecule has 0 saturated carbocycles. The average molecular weight is 976 g/mol. The van der Waals surface area contributed by atoms with Crippen molar-refractivity contribution in [3.63, 3.8) is 0 Å². The fourth-order valence-corrected chi connectivity index (χ4v) is 9.73. The zero-order valence-corrected chi connectivity index (χ0v) is 47.5. The van der Waals surface area contributed by atoms with E-state index in [2.05, 4.69) is 34.6 Å². The van der Waals surface area contributed by atoms with Gasteiger partial charge in [-0.3, -0.25) is 14.4 Å². The molecule has 0 aliphatic carbocycles. The van der Waals surface area contributed by atoms with E-state index in [1.54, 1.807) is 0 Å². The van der Waals surface area contributed by atoms with Crippen molar-refractivity contribution >= 4 is 17.9 Å². The lowest BCUT2D eigenvalue weighted by Gasteiger charge is -2.18. The smallest absolute Gasteiger partial charge is 0.306 e. The number of carbonyl (C=O) groups is 3. The van der Waals surface area contributed by atoms with E-state index in [0.29, 0.717) is 19.3 Å². The highest BCUT2D eigenvalue weighted by Crippen LogP contribution is 2.19. The SMILES string of the molecule is CCCCCCCCCCCCCCCCC(=O)O[C@H](COC(=O)CCCCCCCCCCCCCCCCCCC(C)C)COC(=O)CCCCCCCCCCCCCCCCC(C)CC. The van der Waals surface area contributed by atoms with Crippen LogP contribution in [-0.2, 0) is 28.6 Å². The van der Waals surface area contributed by atoms with Gasteiger partial charge in [0.15, 0.2) is 6.10 Å². The van der Waals surface area contributed by atoms with Crippen LogP contribution in [-0.4, -0.2) is 37.2 Å². The Kier molecular flexibility index (Phi) is 54.4. The van der Waals surface area contributed by atoms with Crippen molar-refractivity contribution in [3.8, 4) is 0 Å². The van der Waals surface area contributed by atoms with Crippen molar-refractivity contribution in [2.75, 3.05) is 13.2 Å². The Morgan fingerprint density at radius 2 is 0.551 bits per heavy atom. The van der Waals surface area contributed by atoms with Gasteiger partial charge in [0.25, 0.3) is 0 Å². The molecule has 6 heteroatoms. The minimum Gasteiger partial charge on any atom is -0.462 e. The molecule has 0 amide bonds. The summed E-state index contributed by atoms with van der Waals surface area (Å²) in [5, 5.41) is 0. The third-order valence-corrected chi connectivity index (χ3v) is 14.8. The number of rotatable bonds is 57. The summed E-state index contributed by atoms with van der Waals surface area (Å²) >= 11 is 0. The van der Waals surface area contributed by atoms with Gasteiger partial charge in [-0.2, -0.15) is 0 Å². The van der Waals surface area contributed by atoms with Crippen LogP contribution in [0, 0.1) is 11.8 Å². The monoisotopic (exact) mass is 975 g/mol. The van der Waals surface area contributed by atoms with Crippen LogP contribution < -0.4 is 0 Å². The van der Waals surface area contributed by atoms with E-state index < -0.39 is 6.10 Å². The van der Waals surface area contributed by atoms with Gasteiger partial charge in [-0.25, -0.2) is 0 Å². The Balaban J connectivity index is 4.27. The molecule has 410 valence electrons. The predicted molar refractivity (Wildman–Crippen MR) is 298 cm³/mol. The van der Waals surface area contributed by atoms with Crippen LogP contribution in [0.25, 0.3) is 0 Å². The molecule has 0 bridgehead atoms. The summed E-state index contributed by atoms with van der Waals surface area (Å²) in [6.45, 7) is 11.5. The van der Waals surface area contributed by atoms with E-state index in [-0.39, 0.29) is 31.1 Å². The molecule has 0 radical (unpaired) electrons. The number of esters is 3. The molecule has 0 rings (SSSR count). The van der Waals surface area contributed by atoms with Gasteiger partial charge in [-0.05, 0) is 31.1 Å². The number of unbranched alkanes of at least 4 members (excludes halogenated alkanes) is 41. The minimum atomic E-state index is -0.763. The third kappa shape index (κ3) is 55.6. The summed E-state index contributed by atoms with van der Waals surface area (Å²) in [5.74, 6) is 0.916.